The Morgan fingerprint density at radius 3 is 2.21 bits per heavy atom. The van der Waals surface area contributed by atoms with Gasteiger partial charge in [-0.2, -0.15) is 0 Å². The van der Waals surface area contributed by atoms with Gasteiger partial charge in [0.25, 0.3) is 0 Å². The van der Waals surface area contributed by atoms with Crippen LogP contribution in [0, 0.1) is 64.1 Å². The van der Waals surface area contributed by atoms with Crippen molar-refractivity contribution in [3.8, 4) is 0 Å². The van der Waals surface area contributed by atoms with Gasteiger partial charge in [0.1, 0.15) is 0 Å². The second kappa shape index (κ2) is 9.85. The van der Waals surface area contributed by atoms with Crippen LogP contribution in [0.3, 0.4) is 0 Å². The number of carbonyl (C=O) groups is 1. The molecule has 4 saturated carbocycles. The zero-order chi connectivity index (χ0) is 24.0. The maximum absolute atomic E-state index is 11.4. The summed E-state index contributed by atoms with van der Waals surface area (Å²) in [5, 5.41) is 0. The summed E-state index contributed by atoms with van der Waals surface area (Å²) >= 11 is 0. The Balaban J connectivity index is 1.42. The van der Waals surface area contributed by atoms with Crippen LogP contribution in [0.1, 0.15) is 119 Å². The number of esters is 1. The minimum absolute atomic E-state index is 0.101. The highest BCUT2D eigenvalue weighted by atomic mass is 16.5. The van der Waals surface area contributed by atoms with Gasteiger partial charge in [-0.05, 0) is 122 Å². The Labute approximate surface area is 205 Å². The second-order valence-electron chi connectivity index (χ2n) is 13.9. The molecule has 0 aromatic carbocycles. The summed E-state index contributed by atoms with van der Waals surface area (Å²) in [6, 6.07) is 0. The van der Waals surface area contributed by atoms with Crippen molar-refractivity contribution in [3.05, 3.63) is 0 Å². The minimum atomic E-state index is -0.101. The van der Waals surface area contributed by atoms with Gasteiger partial charge in [0, 0.05) is 6.92 Å². The molecule has 4 aliphatic carbocycles. The Kier molecular flexibility index (Phi) is 7.63. The van der Waals surface area contributed by atoms with Crippen molar-refractivity contribution < 1.29 is 9.53 Å². The van der Waals surface area contributed by atoms with Gasteiger partial charge in [-0.1, -0.05) is 54.4 Å². The molecule has 10 atom stereocenters. The molecule has 2 heteroatoms. The molecule has 0 N–H and O–H groups in total. The Hall–Kier alpha value is -0.530. The van der Waals surface area contributed by atoms with E-state index in [2.05, 4.69) is 41.5 Å². The van der Waals surface area contributed by atoms with E-state index in [-0.39, 0.29) is 5.97 Å². The van der Waals surface area contributed by atoms with Gasteiger partial charge in [-0.15, -0.1) is 0 Å². The van der Waals surface area contributed by atoms with Crippen molar-refractivity contribution >= 4 is 5.97 Å². The second-order valence-corrected chi connectivity index (χ2v) is 13.9. The number of ether oxygens (including phenoxy) is 1. The first-order chi connectivity index (χ1) is 15.6. The Bertz CT molecular complexity index is 684. The average Bonchev–Trinajstić information content (AvgIpc) is 3.29. The third-order valence-corrected chi connectivity index (χ3v) is 12.3. The largest absolute Gasteiger partial charge is 0.466 e. The van der Waals surface area contributed by atoms with Crippen molar-refractivity contribution in [2.75, 3.05) is 6.61 Å². The molecule has 0 heterocycles. The van der Waals surface area contributed by atoms with Crippen LogP contribution in [0.25, 0.3) is 0 Å². The molecule has 0 aromatic rings. The van der Waals surface area contributed by atoms with Crippen molar-refractivity contribution in [1.29, 1.82) is 0 Å². The fourth-order valence-corrected chi connectivity index (χ4v) is 10.4. The molecule has 0 saturated heterocycles. The molecule has 4 fully saturated rings. The molecule has 0 bridgehead atoms. The molecule has 0 amide bonds. The van der Waals surface area contributed by atoms with Crippen molar-refractivity contribution in [2.24, 2.45) is 64.1 Å². The first-order valence-corrected chi connectivity index (χ1v) is 14.7. The summed E-state index contributed by atoms with van der Waals surface area (Å²) < 4.78 is 5.51. The highest BCUT2D eigenvalue weighted by Crippen LogP contribution is 2.69. The van der Waals surface area contributed by atoms with Crippen LogP contribution in [0.4, 0.5) is 0 Å². The molecule has 2 nitrogen and oxygen atoms in total. The highest BCUT2D eigenvalue weighted by Gasteiger charge is 2.62. The van der Waals surface area contributed by atoms with Gasteiger partial charge in [-0.25, -0.2) is 0 Å². The first-order valence-electron chi connectivity index (χ1n) is 14.7. The lowest BCUT2D eigenvalue weighted by molar-refractivity contribution is -0.144. The van der Waals surface area contributed by atoms with Gasteiger partial charge in [0.05, 0.1) is 6.61 Å². The number of rotatable bonds is 8. The van der Waals surface area contributed by atoms with Gasteiger partial charge >= 0.3 is 5.97 Å². The zero-order valence-corrected chi connectivity index (χ0v) is 23.0. The molecule has 190 valence electrons. The van der Waals surface area contributed by atoms with E-state index in [1.165, 1.54) is 70.6 Å². The summed E-state index contributed by atoms with van der Waals surface area (Å²) in [7, 11) is 0. The van der Waals surface area contributed by atoms with E-state index in [0.29, 0.717) is 23.4 Å². The van der Waals surface area contributed by atoms with Crippen molar-refractivity contribution in [1.82, 2.24) is 0 Å². The van der Waals surface area contributed by atoms with E-state index in [1.54, 1.807) is 6.92 Å². The summed E-state index contributed by atoms with van der Waals surface area (Å²) in [6.07, 6.45) is 15.6. The number of fused-ring (bicyclic) bond motifs is 5. The van der Waals surface area contributed by atoms with Crippen LogP contribution in [0.15, 0.2) is 0 Å². The van der Waals surface area contributed by atoms with Crippen LogP contribution in [-0.4, -0.2) is 12.6 Å². The van der Waals surface area contributed by atoms with Crippen molar-refractivity contribution in [2.45, 2.75) is 119 Å². The third kappa shape index (κ3) is 4.55. The van der Waals surface area contributed by atoms with Crippen LogP contribution in [0.2, 0.25) is 0 Å². The van der Waals surface area contributed by atoms with Crippen LogP contribution in [-0.2, 0) is 9.53 Å². The topological polar surface area (TPSA) is 26.3 Å². The van der Waals surface area contributed by atoms with Crippen LogP contribution in [0.5, 0.6) is 0 Å². The van der Waals surface area contributed by atoms with E-state index < -0.39 is 0 Å². The molecule has 33 heavy (non-hydrogen) atoms. The summed E-state index contributed by atoms with van der Waals surface area (Å²) in [5.74, 6) is 7.68. The molecular formula is C31H54O2. The summed E-state index contributed by atoms with van der Waals surface area (Å²) in [4.78, 5) is 11.4. The molecule has 0 radical (unpaired) electrons. The lowest BCUT2D eigenvalue weighted by Crippen LogP contribution is -2.51. The summed E-state index contributed by atoms with van der Waals surface area (Å²) in [6.45, 7) is 17.4. The van der Waals surface area contributed by atoms with Gasteiger partial charge < -0.3 is 4.74 Å². The fraction of sp³-hybridized carbons (Fsp3) is 0.968. The van der Waals surface area contributed by atoms with Gasteiger partial charge in [-0.3, -0.25) is 4.79 Å². The molecular weight excluding hydrogens is 404 g/mol. The third-order valence-electron chi connectivity index (χ3n) is 12.3. The average molecular weight is 459 g/mol. The monoisotopic (exact) mass is 458 g/mol. The van der Waals surface area contributed by atoms with Crippen LogP contribution < -0.4 is 0 Å². The molecule has 4 rings (SSSR count). The zero-order valence-electron chi connectivity index (χ0n) is 23.0. The van der Waals surface area contributed by atoms with Crippen LogP contribution >= 0.6 is 0 Å². The number of carbonyl (C=O) groups excluding carboxylic acids is 1. The van der Waals surface area contributed by atoms with E-state index in [0.717, 1.165) is 47.3 Å². The van der Waals surface area contributed by atoms with E-state index in [1.807, 2.05) is 0 Å². The molecule has 0 unspecified atom stereocenters. The summed E-state index contributed by atoms with van der Waals surface area (Å²) in [5.41, 5.74) is 1.07. The highest BCUT2D eigenvalue weighted by molar-refractivity contribution is 5.65. The Morgan fingerprint density at radius 1 is 0.879 bits per heavy atom. The first kappa shape index (κ1) is 25.6. The smallest absolute Gasteiger partial charge is 0.302 e. The maximum Gasteiger partial charge on any atom is 0.302 e. The lowest BCUT2D eigenvalue weighted by atomic mass is 9.46. The van der Waals surface area contributed by atoms with Gasteiger partial charge in [0.2, 0.25) is 0 Å². The molecule has 0 spiro atoms. The SMILES string of the molecule is CC[C@H](CC[C@@H](C)[C@H]1CC[C@H]2[C@@H]3CC[C@H]4[C@@H](COC(C)=O)CC[C@]4(C)[C@H]3CC[C@]12C)C(C)C. The number of hydrogen-bond acceptors (Lipinski definition) is 2. The predicted molar refractivity (Wildman–Crippen MR) is 138 cm³/mol. The quantitative estimate of drug-likeness (QED) is 0.341. The van der Waals surface area contributed by atoms with Crippen molar-refractivity contribution in [3.63, 3.8) is 0 Å². The maximum atomic E-state index is 11.4. The standard InChI is InChI=1S/C31H54O2/c1-8-23(20(2)3)10-9-21(4)26-13-14-28-25-11-12-27-24(19-33-22(5)32)15-17-31(27,7)29(25)16-18-30(26,28)6/h20-21,23-29H,8-19H2,1-7H3/t21-,23-,24-,25+,26-,27+,28+,29+,30-,31+/m1/s1. The molecule has 0 aliphatic heterocycles. The minimum Gasteiger partial charge on any atom is -0.466 e. The normalized spacial score (nSPS) is 44.1. The molecule has 4 aliphatic rings. The number of hydrogen-bond donors (Lipinski definition) is 0. The van der Waals surface area contributed by atoms with E-state index >= 15 is 0 Å². The molecule has 0 aromatic heterocycles. The predicted octanol–water partition coefficient (Wildman–Crippen LogP) is 8.53. The van der Waals surface area contributed by atoms with E-state index in [4.69, 9.17) is 4.74 Å². The van der Waals surface area contributed by atoms with E-state index in [9.17, 15) is 4.79 Å². The lowest BCUT2D eigenvalue weighted by Gasteiger charge is -2.58. The van der Waals surface area contributed by atoms with Gasteiger partial charge in [0.15, 0.2) is 0 Å². The Morgan fingerprint density at radius 2 is 1.55 bits per heavy atom. The fourth-order valence-electron chi connectivity index (χ4n) is 10.4.